The van der Waals surface area contributed by atoms with E-state index in [0.29, 0.717) is 12.2 Å². The number of hydrogen-bond acceptors (Lipinski definition) is 2. The minimum Gasteiger partial charge on any atom is -0.382 e. The van der Waals surface area contributed by atoms with E-state index in [2.05, 4.69) is 10.6 Å². The molecule has 2 N–H and O–H groups in total. The highest BCUT2D eigenvalue weighted by molar-refractivity contribution is 5.97. The molecule has 2 rings (SSSR count). The fraction of sp³-hybridized carbons (Fsp3) is 0.364. The quantitative estimate of drug-likeness (QED) is 0.743. The molecule has 0 bridgehead atoms. The Hall–Kier alpha value is -1.58. The lowest BCUT2D eigenvalue weighted by Gasteiger charge is -2.09. The molecule has 0 spiro atoms. The van der Waals surface area contributed by atoms with Gasteiger partial charge in [0.25, 0.3) is 0 Å². The molecule has 1 aromatic carbocycles. The van der Waals surface area contributed by atoms with Crippen LogP contribution in [0.25, 0.3) is 0 Å². The summed E-state index contributed by atoms with van der Waals surface area (Å²) in [5.74, 6) is -0.615. The predicted octanol–water partition coefficient (Wildman–Crippen LogP) is 2.22. The number of carbonyl (C=O) groups is 1. The van der Waals surface area contributed by atoms with E-state index in [-0.39, 0.29) is 17.5 Å². The van der Waals surface area contributed by atoms with E-state index >= 15 is 0 Å². The molecule has 1 heterocycles. The molecule has 1 unspecified atom stereocenters. The number of carbonyl (C=O) groups excluding carboxylic acids is 1. The third-order valence-corrected chi connectivity index (χ3v) is 2.66. The van der Waals surface area contributed by atoms with Crippen LogP contribution in [0, 0.1) is 11.7 Å². The monoisotopic (exact) mass is 208 g/mol. The second kappa shape index (κ2) is 3.88. The number of halogens is 1. The van der Waals surface area contributed by atoms with E-state index in [1.807, 2.05) is 6.92 Å². The van der Waals surface area contributed by atoms with Crippen molar-refractivity contribution in [3.63, 3.8) is 0 Å². The summed E-state index contributed by atoms with van der Waals surface area (Å²) in [4.78, 5) is 11.6. The number of benzene rings is 1. The Morgan fingerprint density at radius 1 is 1.53 bits per heavy atom. The van der Waals surface area contributed by atoms with Crippen LogP contribution < -0.4 is 10.6 Å². The maximum Gasteiger partial charge on any atom is 0.229 e. The number of hydrogen-bond donors (Lipinski definition) is 2. The Labute approximate surface area is 87.7 Å². The van der Waals surface area contributed by atoms with E-state index in [9.17, 15) is 9.18 Å². The Morgan fingerprint density at radius 2 is 2.33 bits per heavy atom. The predicted molar refractivity (Wildman–Crippen MR) is 57.3 cm³/mol. The molecule has 0 saturated carbocycles. The molecular formula is C11H13FN2O. The Balaban J connectivity index is 2.36. The van der Waals surface area contributed by atoms with Gasteiger partial charge in [0.15, 0.2) is 0 Å². The standard InChI is InChI=1S/C11H13FN2O/c1-2-7-6-13-9-5-3-4-8(12)10(9)14-11(7)15/h3-5,7,13H,2,6H2,1H3,(H,14,15). The molecule has 4 heteroatoms. The molecule has 1 aromatic rings. The van der Waals surface area contributed by atoms with Crippen molar-refractivity contribution in [1.82, 2.24) is 0 Å². The van der Waals surface area contributed by atoms with Crippen LogP contribution in [0.2, 0.25) is 0 Å². The van der Waals surface area contributed by atoms with Gasteiger partial charge in [0.2, 0.25) is 5.91 Å². The van der Waals surface area contributed by atoms with Gasteiger partial charge < -0.3 is 10.6 Å². The van der Waals surface area contributed by atoms with Crippen LogP contribution in [0.15, 0.2) is 18.2 Å². The van der Waals surface area contributed by atoms with Gasteiger partial charge in [0, 0.05) is 6.54 Å². The molecule has 0 saturated heterocycles. The first-order valence-electron chi connectivity index (χ1n) is 5.05. The van der Waals surface area contributed by atoms with Crippen LogP contribution in [0.1, 0.15) is 13.3 Å². The smallest absolute Gasteiger partial charge is 0.229 e. The summed E-state index contributed by atoms with van der Waals surface area (Å²) in [7, 11) is 0. The SMILES string of the molecule is CCC1CNc2cccc(F)c2NC1=O. The zero-order valence-electron chi connectivity index (χ0n) is 8.51. The van der Waals surface area contributed by atoms with Crippen molar-refractivity contribution in [1.29, 1.82) is 0 Å². The fourth-order valence-electron chi connectivity index (χ4n) is 1.68. The van der Waals surface area contributed by atoms with Crippen LogP contribution in [-0.4, -0.2) is 12.5 Å². The Bertz CT molecular complexity index is 392. The van der Waals surface area contributed by atoms with Gasteiger partial charge in [-0.15, -0.1) is 0 Å². The minimum atomic E-state index is -0.398. The second-order valence-corrected chi connectivity index (χ2v) is 3.64. The number of nitrogens with one attached hydrogen (secondary N) is 2. The maximum atomic E-state index is 13.4. The Morgan fingerprint density at radius 3 is 3.07 bits per heavy atom. The molecule has 0 fully saturated rings. The second-order valence-electron chi connectivity index (χ2n) is 3.64. The summed E-state index contributed by atoms with van der Waals surface area (Å²) in [5.41, 5.74) is 0.915. The molecule has 1 atom stereocenters. The van der Waals surface area contributed by atoms with E-state index in [0.717, 1.165) is 6.42 Å². The van der Waals surface area contributed by atoms with Crippen molar-refractivity contribution in [3.8, 4) is 0 Å². The van der Waals surface area contributed by atoms with Crippen LogP contribution in [0.3, 0.4) is 0 Å². The Kier molecular flexibility index (Phi) is 2.58. The molecular weight excluding hydrogens is 195 g/mol. The molecule has 3 nitrogen and oxygen atoms in total. The zero-order chi connectivity index (χ0) is 10.8. The average Bonchev–Trinajstić information content (AvgIpc) is 2.38. The minimum absolute atomic E-state index is 0.100. The number of rotatable bonds is 1. The summed E-state index contributed by atoms with van der Waals surface area (Å²) in [6, 6.07) is 4.73. The molecule has 0 aromatic heterocycles. The lowest BCUT2D eigenvalue weighted by atomic mass is 10.1. The first kappa shape index (κ1) is 9.96. The van der Waals surface area contributed by atoms with Gasteiger partial charge >= 0.3 is 0 Å². The van der Waals surface area contributed by atoms with Gasteiger partial charge in [-0.1, -0.05) is 13.0 Å². The molecule has 1 aliphatic heterocycles. The largest absolute Gasteiger partial charge is 0.382 e. The highest BCUT2D eigenvalue weighted by Crippen LogP contribution is 2.28. The third kappa shape index (κ3) is 1.79. The average molecular weight is 208 g/mol. The normalized spacial score (nSPS) is 19.9. The molecule has 1 amide bonds. The summed E-state index contributed by atoms with van der Waals surface area (Å²) in [6.07, 6.45) is 0.744. The van der Waals surface area contributed by atoms with E-state index in [1.54, 1.807) is 12.1 Å². The van der Waals surface area contributed by atoms with Gasteiger partial charge in [-0.3, -0.25) is 4.79 Å². The number of amides is 1. The summed E-state index contributed by atoms with van der Waals surface area (Å²) in [6.45, 7) is 2.50. The van der Waals surface area contributed by atoms with E-state index < -0.39 is 5.82 Å². The van der Waals surface area contributed by atoms with Crippen LogP contribution >= 0.6 is 0 Å². The highest BCUT2D eigenvalue weighted by Gasteiger charge is 2.23. The van der Waals surface area contributed by atoms with Crippen molar-refractivity contribution in [2.75, 3.05) is 17.2 Å². The molecule has 0 radical (unpaired) electrons. The third-order valence-electron chi connectivity index (χ3n) is 2.66. The van der Waals surface area contributed by atoms with Gasteiger partial charge in [-0.05, 0) is 18.6 Å². The summed E-state index contributed by atoms with van der Waals surface area (Å²) < 4.78 is 13.4. The van der Waals surface area contributed by atoms with Gasteiger partial charge in [0.1, 0.15) is 11.5 Å². The number of para-hydroxylation sites is 1. The fourth-order valence-corrected chi connectivity index (χ4v) is 1.68. The molecule has 1 aliphatic rings. The molecule has 80 valence electrons. The summed E-state index contributed by atoms with van der Waals surface area (Å²) >= 11 is 0. The molecule has 15 heavy (non-hydrogen) atoms. The lowest BCUT2D eigenvalue weighted by molar-refractivity contribution is -0.119. The van der Waals surface area contributed by atoms with Crippen molar-refractivity contribution in [2.24, 2.45) is 5.92 Å². The maximum absolute atomic E-state index is 13.4. The van der Waals surface area contributed by atoms with Crippen molar-refractivity contribution < 1.29 is 9.18 Å². The van der Waals surface area contributed by atoms with Crippen LogP contribution in [0.5, 0.6) is 0 Å². The first-order chi connectivity index (χ1) is 7.22. The van der Waals surface area contributed by atoms with Gasteiger partial charge in [-0.2, -0.15) is 0 Å². The van der Waals surface area contributed by atoms with Crippen molar-refractivity contribution in [3.05, 3.63) is 24.0 Å². The first-order valence-corrected chi connectivity index (χ1v) is 5.05. The summed E-state index contributed by atoms with van der Waals surface area (Å²) in [5, 5.41) is 5.69. The van der Waals surface area contributed by atoms with Crippen LogP contribution in [0.4, 0.5) is 15.8 Å². The molecule has 0 aliphatic carbocycles. The van der Waals surface area contributed by atoms with Crippen molar-refractivity contribution >= 4 is 17.3 Å². The lowest BCUT2D eigenvalue weighted by Crippen LogP contribution is -2.25. The van der Waals surface area contributed by atoms with Crippen molar-refractivity contribution in [2.45, 2.75) is 13.3 Å². The highest BCUT2D eigenvalue weighted by atomic mass is 19.1. The number of anilines is 2. The van der Waals surface area contributed by atoms with E-state index in [4.69, 9.17) is 0 Å². The van der Waals surface area contributed by atoms with Crippen LogP contribution in [-0.2, 0) is 4.79 Å². The van der Waals surface area contributed by atoms with Gasteiger partial charge in [-0.25, -0.2) is 4.39 Å². The zero-order valence-corrected chi connectivity index (χ0v) is 8.51. The van der Waals surface area contributed by atoms with E-state index in [1.165, 1.54) is 6.07 Å². The number of fused-ring (bicyclic) bond motifs is 1. The topological polar surface area (TPSA) is 41.1 Å². The van der Waals surface area contributed by atoms with Gasteiger partial charge in [0.05, 0.1) is 11.6 Å².